The van der Waals surface area contributed by atoms with Crippen LogP contribution >= 0.6 is 0 Å². The summed E-state index contributed by atoms with van der Waals surface area (Å²) in [5.74, 6) is -1.28. The molecular weight excluding hydrogens is 202 g/mol. The molecule has 0 spiro atoms. The number of methoxy groups -OCH3 is 1. The van der Waals surface area contributed by atoms with E-state index in [-0.39, 0.29) is 17.5 Å². The summed E-state index contributed by atoms with van der Waals surface area (Å²) in [5, 5.41) is 2.71. The highest BCUT2D eigenvalue weighted by Crippen LogP contribution is 2.24. The Kier molecular flexibility index (Phi) is 3.85. The zero-order valence-electron chi connectivity index (χ0n) is 8.68. The van der Waals surface area contributed by atoms with Gasteiger partial charge in [0.15, 0.2) is 11.6 Å². The van der Waals surface area contributed by atoms with Crippen molar-refractivity contribution in [2.24, 2.45) is 5.73 Å². The first-order valence-electron chi connectivity index (χ1n) is 4.57. The summed E-state index contributed by atoms with van der Waals surface area (Å²) >= 11 is 0. The molecule has 1 aromatic carbocycles. The number of nitrogens with two attached hydrogens (primary N) is 1. The van der Waals surface area contributed by atoms with Crippen molar-refractivity contribution < 1.29 is 13.5 Å². The van der Waals surface area contributed by atoms with Gasteiger partial charge < -0.3 is 15.8 Å². The van der Waals surface area contributed by atoms with Gasteiger partial charge in [-0.1, -0.05) is 0 Å². The Hall–Kier alpha value is -1.36. The third-order valence-electron chi connectivity index (χ3n) is 1.86. The molecule has 0 saturated carbocycles. The van der Waals surface area contributed by atoms with E-state index in [1.54, 1.807) is 6.92 Å². The van der Waals surface area contributed by atoms with Crippen LogP contribution in [0.25, 0.3) is 0 Å². The number of rotatable bonds is 4. The molecular formula is C10H14F2N2O. The van der Waals surface area contributed by atoms with Crippen LogP contribution in [0.3, 0.4) is 0 Å². The Morgan fingerprint density at radius 1 is 1.40 bits per heavy atom. The number of ether oxygens (including phenoxy) is 1. The van der Waals surface area contributed by atoms with Gasteiger partial charge in [0.05, 0.1) is 12.8 Å². The van der Waals surface area contributed by atoms with Crippen molar-refractivity contribution in [3.63, 3.8) is 0 Å². The molecule has 0 radical (unpaired) electrons. The average molecular weight is 216 g/mol. The predicted molar refractivity (Wildman–Crippen MR) is 55.0 cm³/mol. The molecule has 15 heavy (non-hydrogen) atoms. The van der Waals surface area contributed by atoms with Gasteiger partial charge in [-0.15, -0.1) is 0 Å². The molecule has 3 N–H and O–H groups in total. The van der Waals surface area contributed by atoms with Gasteiger partial charge in [0, 0.05) is 24.7 Å². The van der Waals surface area contributed by atoms with Gasteiger partial charge in [0.25, 0.3) is 0 Å². The zero-order chi connectivity index (χ0) is 11.4. The van der Waals surface area contributed by atoms with Crippen LogP contribution < -0.4 is 15.8 Å². The lowest BCUT2D eigenvalue weighted by Crippen LogP contribution is -2.25. The number of hydrogen-bond acceptors (Lipinski definition) is 3. The molecule has 1 aromatic rings. The molecule has 1 atom stereocenters. The molecule has 1 unspecified atom stereocenters. The number of benzene rings is 1. The Bertz CT molecular complexity index is 342. The SMILES string of the molecule is COc1cc(F)c(NCC(C)N)cc1F. The predicted octanol–water partition coefficient (Wildman–Crippen LogP) is 1.73. The fourth-order valence-electron chi connectivity index (χ4n) is 1.09. The number of hydrogen-bond donors (Lipinski definition) is 2. The molecule has 0 aliphatic rings. The first kappa shape index (κ1) is 11.7. The smallest absolute Gasteiger partial charge is 0.167 e. The lowest BCUT2D eigenvalue weighted by Gasteiger charge is -2.11. The van der Waals surface area contributed by atoms with Crippen LogP contribution in [-0.2, 0) is 0 Å². The first-order chi connectivity index (χ1) is 7.04. The second-order valence-corrected chi connectivity index (χ2v) is 3.32. The Balaban J connectivity index is 2.85. The minimum atomic E-state index is -0.605. The largest absolute Gasteiger partial charge is 0.494 e. The summed E-state index contributed by atoms with van der Waals surface area (Å²) in [6.07, 6.45) is 0. The molecule has 5 heteroatoms. The van der Waals surface area contributed by atoms with E-state index in [1.807, 2.05) is 0 Å². The van der Waals surface area contributed by atoms with Gasteiger partial charge in [0.2, 0.25) is 0 Å². The molecule has 84 valence electrons. The summed E-state index contributed by atoms with van der Waals surface area (Å²) in [6, 6.07) is 1.92. The maximum absolute atomic E-state index is 13.3. The lowest BCUT2D eigenvalue weighted by atomic mass is 10.2. The maximum atomic E-state index is 13.3. The number of anilines is 1. The van der Waals surface area contributed by atoms with Crippen molar-refractivity contribution in [2.45, 2.75) is 13.0 Å². The fourth-order valence-corrected chi connectivity index (χ4v) is 1.09. The summed E-state index contributed by atoms with van der Waals surface area (Å²) in [7, 11) is 1.28. The summed E-state index contributed by atoms with van der Waals surface area (Å²) in [4.78, 5) is 0. The number of nitrogens with one attached hydrogen (secondary N) is 1. The van der Waals surface area contributed by atoms with Crippen molar-refractivity contribution >= 4 is 5.69 Å². The minimum Gasteiger partial charge on any atom is -0.494 e. The first-order valence-corrected chi connectivity index (χ1v) is 4.57. The molecule has 0 amide bonds. The van der Waals surface area contributed by atoms with Crippen molar-refractivity contribution in [2.75, 3.05) is 19.0 Å². The molecule has 0 fully saturated rings. The van der Waals surface area contributed by atoms with Crippen LogP contribution in [0, 0.1) is 11.6 Å². The van der Waals surface area contributed by atoms with Crippen LogP contribution in [-0.4, -0.2) is 19.7 Å². The summed E-state index contributed by atoms with van der Waals surface area (Å²) in [6.45, 7) is 2.15. The maximum Gasteiger partial charge on any atom is 0.167 e. The monoisotopic (exact) mass is 216 g/mol. The minimum absolute atomic E-state index is 0.0885. The highest BCUT2D eigenvalue weighted by atomic mass is 19.1. The van der Waals surface area contributed by atoms with E-state index in [4.69, 9.17) is 5.73 Å². The quantitative estimate of drug-likeness (QED) is 0.805. The molecule has 0 aliphatic heterocycles. The van der Waals surface area contributed by atoms with Gasteiger partial charge in [-0.2, -0.15) is 0 Å². The Labute approximate surface area is 87.2 Å². The molecule has 0 aliphatic carbocycles. The normalized spacial score (nSPS) is 12.3. The van der Waals surface area contributed by atoms with Crippen molar-refractivity contribution in [3.05, 3.63) is 23.8 Å². The van der Waals surface area contributed by atoms with Crippen LogP contribution in [0.15, 0.2) is 12.1 Å². The Morgan fingerprint density at radius 3 is 2.60 bits per heavy atom. The van der Waals surface area contributed by atoms with Crippen LogP contribution in [0.4, 0.5) is 14.5 Å². The van der Waals surface area contributed by atoms with Crippen LogP contribution in [0.1, 0.15) is 6.92 Å². The molecule has 0 bridgehead atoms. The lowest BCUT2D eigenvalue weighted by molar-refractivity contribution is 0.383. The highest BCUT2D eigenvalue weighted by Gasteiger charge is 2.10. The molecule has 1 rings (SSSR count). The van der Waals surface area contributed by atoms with E-state index in [1.165, 1.54) is 7.11 Å². The number of halogens is 2. The second kappa shape index (κ2) is 4.93. The van der Waals surface area contributed by atoms with Gasteiger partial charge in [-0.3, -0.25) is 0 Å². The highest BCUT2D eigenvalue weighted by molar-refractivity contribution is 5.49. The average Bonchev–Trinajstić information content (AvgIpc) is 2.18. The second-order valence-electron chi connectivity index (χ2n) is 3.32. The van der Waals surface area contributed by atoms with Gasteiger partial charge in [-0.05, 0) is 6.92 Å². The van der Waals surface area contributed by atoms with E-state index in [2.05, 4.69) is 10.1 Å². The third kappa shape index (κ3) is 3.06. The van der Waals surface area contributed by atoms with Crippen LogP contribution in [0.5, 0.6) is 5.75 Å². The summed E-state index contributed by atoms with van der Waals surface area (Å²) in [5.41, 5.74) is 5.57. The van der Waals surface area contributed by atoms with Crippen molar-refractivity contribution in [1.82, 2.24) is 0 Å². The molecule has 3 nitrogen and oxygen atoms in total. The van der Waals surface area contributed by atoms with Crippen LogP contribution in [0.2, 0.25) is 0 Å². The van der Waals surface area contributed by atoms with E-state index in [0.29, 0.717) is 6.54 Å². The topological polar surface area (TPSA) is 47.3 Å². The van der Waals surface area contributed by atoms with E-state index >= 15 is 0 Å². The van der Waals surface area contributed by atoms with Crippen molar-refractivity contribution in [3.8, 4) is 5.75 Å². The third-order valence-corrected chi connectivity index (χ3v) is 1.86. The standard InChI is InChI=1S/C10H14F2N2O/c1-6(13)5-14-9-3-8(12)10(15-2)4-7(9)11/h3-4,6,14H,5,13H2,1-2H3. The summed E-state index contributed by atoms with van der Waals surface area (Å²) < 4.78 is 31.1. The zero-order valence-corrected chi connectivity index (χ0v) is 8.68. The van der Waals surface area contributed by atoms with Gasteiger partial charge in [0.1, 0.15) is 5.82 Å². The molecule has 0 heterocycles. The van der Waals surface area contributed by atoms with E-state index < -0.39 is 11.6 Å². The Morgan fingerprint density at radius 2 is 2.07 bits per heavy atom. The van der Waals surface area contributed by atoms with Gasteiger partial charge >= 0.3 is 0 Å². The molecule has 0 saturated heterocycles. The van der Waals surface area contributed by atoms with Crippen molar-refractivity contribution in [1.29, 1.82) is 0 Å². The molecule has 0 aromatic heterocycles. The van der Waals surface area contributed by atoms with Gasteiger partial charge in [-0.25, -0.2) is 8.78 Å². The van der Waals surface area contributed by atoms with E-state index in [9.17, 15) is 8.78 Å². The van der Waals surface area contributed by atoms with E-state index in [0.717, 1.165) is 12.1 Å². The fraction of sp³-hybridized carbons (Fsp3) is 0.400.